The quantitative estimate of drug-likeness (QED) is 0.375. The van der Waals surface area contributed by atoms with E-state index in [-0.39, 0.29) is 0 Å². The summed E-state index contributed by atoms with van der Waals surface area (Å²) in [5.41, 5.74) is 8.12. The van der Waals surface area contributed by atoms with Crippen molar-refractivity contribution in [1.29, 1.82) is 0 Å². The first-order valence-corrected chi connectivity index (χ1v) is 7.01. The summed E-state index contributed by atoms with van der Waals surface area (Å²) >= 11 is 9.94. The van der Waals surface area contributed by atoms with E-state index in [0.29, 0.717) is 15.9 Å². The lowest BCUT2D eigenvalue weighted by Crippen LogP contribution is -2.30. The third kappa shape index (κ3) is 6.28. The highest BCUT2D eigenvalue weighted by molar-refractivity contribution is 7.80. The second kappa shape index (κ2) is 8.98. The van der Waals surface area contributed by atoms with Gasteiger partial charge in [-0.1, -0.05) is 29.8 Å². The molecule has 0 unspecified atom stereocenters. The van der Waals surface area contributed by atoms with Crippen molar-refractivity contribution >= 4 is 46.6 Å². The van der Waals surface area contributed by atoms with Crippen LogP contribution in [-0.4, -0.2) is 36.2 Å². The molecule has 0 spiro atoms. The molecule has 21 heavy (non-hydrogen) atoms. The van der Waals surface area contributed by atoms with Gasteiger partial charge in [0.15, 0.2) is 10.2 Å². The first kappa shape index (κ1) is 17.0. The zero-order valence-electron chi connectivity index (χ0n) is 12.1. The van der Waals surface area contributed by atoms with Crippen LogP contribution in [0.5, 0.6) is 0 Å². The van der Waals surface area contributed by atoms with Gasteiger partial charge in [0.05, 0.1) is 6.21 Å². The number of benzene rings is 1. The molecule has 0 aliphatic carbocycles. The van der Waals surface area contributed by atoms with Crippen LogP contribution in [0.15, 0.2) is 34.5 Å². The maximum absolute atomic E-state index is 5.00. The van der Waals surface area contributed by atoms with Crippen LogP contribution in [0.25, 0.3) is 0 Å². The summed E-state index contributed by atoms with van der Waals surface area (Å²) in [5, 5.41) is 14.7. The van der Waals surface area contributed by atoms with Gasteiger partial charge in [0.25, 0.3) is 0 Å². The average molecular weight is 322 g/mol. The van der Waals surface area contributed by atoms with E-state index in [1.165, 1.54) is 5.56 Å². The first-order chi connectivity index (χ1) is 10.1. The Balaban J connectivity index is 2.91. The second-order valence-corrected chi connectivity index (χ2v) is 4.82. The summed E-state index contributed by atoms with van der Waals surface area (Å²) in [5.74, 6) is 0. The molecule has 1 aromatic carbocycles. The van der Waals surface area contributed by atoms with Crippen molar-refractivity contribution in [1.82, 2.24) is 21.5 Å². The fraction of sp³-hybridized carbons (Fsp3) is 0.231. The Bertz CT molecular complexity index is 550. The number of thiocarbonyl (C=S) groups is 2. The van der Waals surface area contributed by atoms with E-state index in [1.807, 2.05) is 31.2 Å². The molecular formula is C13H18N6S2. The normalized spacial score (nSPS) is 11.1. The van der Waals surface area contributed by atoms with Gasteiger partial charge in [-0.2, -0.15) is 10.2 Å². The molecule has 1 aromatic rings. The molecule has 8 heteroatoms. The smallest absolute Gasteiger partial charge is 0.186 e. The fourth-order valence-electron chi connectivity index (χ4n) is 1.27. The van der Waals surface area contributed by atoms with Gasteiger partial charge in [0.1, 0.15) is 5.71 Å². The van der Waals surface area contributed by atoms with Crippen molar-refractivity contribution in [3.8, 4) is 0 Å². The molecule has 0 heterocycles. The van der Waals surface area contributed by atoms with Crippen LogP contribution in [0.4, 0.5) is 0 Å². The second-order valence-electron chi connectivity index (χ2n) is 4.00. The van der Waals surface area contributed by atoms with Crippen molar-refractivity contribution in [2.45, 2.75) is 6.92 Å². The first-order valence-electron chi connectivity index (χ1n) is 6.20. The highest BCUT2D eigenvalue weighted by Crippen LogP contribution is 2.03. The topological polar surface area (TPSA) is 72.8 Å². The highest BCUT2D eigenvalue weighted by Gasteiger charge is 2.01. The molecule has 0 atom stereocenters. The van der Waals surface area contributed by atoms with Crippen LogP contribution >= 0.6 is 24.4 Å². The number of aryl methyl sites for hydroxylation is 1. The lowest BCUT2D eigenvalue weighted by atomic mass is 10.1. The molecule has 0 bridgehead atoms. The predicted octanol–water partition coefficient (Wildman–Crippen LogP) is 0.873. The zero-order valence-corrected chi connectivity index (χ0v) is 13.7. The minimum absolute atomic E-state index is 0.423. The summed E-state index contributed by atoms with van der Waals surface area (Å²) in [6.07, 6.45) is 1.57. The van der Waals surface area contributed by atoms with Crippen molar-refractivity contribution in [3.05, 3.63) is 35.4 Å². The van der Waals surface area contributed by atoms with E-state index in [4.69, 9.17) is 24.4 Å². The van der Waals surface area contributed by atoms with Crippen LogP contribution < -0.4 is 21.5 Å². The molecule has 0 aromatic heterocycles. The maximum Gasteiger partial charge on any atom is 0.186 e. The monoisotopic (exact) mass is 322 g/mol. The van der Waals surface area contributed by atoms with Gasteiger partial charge in [-0.25, -0.2) is 0 Å². The Hall–Kier alpha value is -2.06. The van der Waals surface area contributed by atoms with Crippen molar-refractivity contribution in [2.24, 2.45) is 10.2 Å². The number of hydrazone groups is 2. The highest BCUT2D eigenvalue weighted by atomic mass is 32.1. The number of nitrogens with zero attached hydrogens (tertiary/aromatic N) is 2. The molecule has 1 rings (SSSR count). The van der Waals surface area contributed by atoms with E-state index in [9.17, 15) is 0 Å². The van der Waals surface area contributed by atoms with Crippen LogP contribution in [0, 0.1) is 6.92 Å². The van der Waals surface area contributed by atoms with Crippen molar-refractivity contribution < 1.29 is 0 Å². The summed E-state index contributed by atoms with van der Waals surface area (Å²) in [6.45, 7) is 2.02. The van der Waals surface area contributed by atoms with E-state index >= 15 is 0 Å². The molecule has 0 aliphatic heterocycles. The molecule has 4 N–H and O–H groups in total. The number of rotatable bonds is 4. The van der Waals surface area contributed by atoms with Crippen LogP contribution in [-0.2, 0) is 0 Å². The number of hydrogen-bond donors (Lipinski definition) is 4. The summed E-state index contributed by atoms with van der Waals surface area (Å²) in [7, 11) is 3.43. The van der Waals surface area contributed by atoms with Gasteiger partial charge in [0.2, 0.25) is 0 Å². The fourth-order valence-corrected chi connectivity index (χ4v) is 1.37. The minimum atomic E-state index is 0.423. The largest absolute Gasteiger partial charge is 0.364 e. The average Bonchev–Trinajstić information content (AvgIpc) is 2.50. The molecule has 0 fully saturated rings. The van der Waals surface area contributed by atoms with E-state index in [0.717, 1.165) is 5.56 Å². The minimum Gasteiger partial charge on any atom is -0.364 e. The molecular weight excluding hydrogens is 304 g/mol. The Labute approximate surface area is 135 Å². The van der Waals surface area contributed by atoms with Gasteiger partial charge in [-0.05, 0) is 31.4 Å². The Morgan fingerprint density at radius 1 is 1.00 bits per heavy atom. The molecule has 6 nitrogen and oxygen atoms in total. The van der Waals surface area contributed by atoms with E-state index < -0.39 is 0 Å². The Morgan fingerprint density at radius 2 is 1.57 bits per heavy atom. The van der Waals surface area contributed by atoms with Crippen molar-refractivity contribution in [3.63, 3.8) is 0 Å². The Morgan fingerprint density at radius 3 is 2.14 bits per heavy atom. The molecule has 0 aliphatic rings. The number of hydrogen-bond acceptors (Lipinski definition) is 4. The predicted molar refractivity (Wildman–Crippen MR) is 95.8 cm³/mol. The maximum atomic E-state index is 5.00. The van der Waals surface area contributed by atoms with Crippen molar-refractivity contribution in [2.75, 3.05) is 14.1 Å². The molecule has 112 valence electrons. The lowest BCUT2D eigenvalue weighted by Gasteiger charge is -2.05. The van der Waals surface area contributed by atoms with E-state index in [2.05, 4.69) is 31.7 Å². The molecule has 0 saturated heterocycles. The van der Waals surface area contributed by atoms with Gasteiger partial charge in [0, 0.05) is 19.7 Å². The third-order valence-corrected chi connectivity index (χ3v) is 3.02. The number of nitrogens with one attached hydrogen (secondary N) is 4. The van der Waals surface area contributed by atoms with Crippen LogP contribution in [0.1, 0.15) is 11.1 Å². The SMILES string of the molecule is CNC(=S)NN=CC(=NNC(=S)NC)c1ccc(C)cc1. The van der Waals surface area contributed by atoms with Crippen LogP contribution in [0.3, 0.4) is 0 Å². The zero-order chi connectivity index (χ0) is 15.7. The summed E-state index contributed by atoms with van der Waals surface area (Å²) in [6, 6.07) is 7.92. The third-order valence-electron chi connectivity index (χ3n) is 2.43. The summed E-state index contributed by atoms with van der Waals surface area (Å²) in [4.78, 5) is 0. The molecule has 0 radical (unpaired) electrons. The Kier molecular flexibility index (Phi) is 7.27. The standard InChI is InChI=1S/C13H18N6S2/c1-9-4-6-10(7-5-9)11(17-19-13(21)15-3)8-16-18-12(20)14-2/h4-8H,1-3H3,(H2,14,18,20)(H2,15,19,21). The van der Waals surface area contributed by atoms with E-state index in [1.54, 1.807) is 20.3 Å². The lowest BCUT2D eigenvalue weighted by molar-refractivity contribution is 0.972. The van der Waals surface area contributed by atoms with Gasteiger partial charge >= 0.3 is 0 Å². The molecule has 0 amide bonds. The van der Waals surface area contributed by atoms with Gasteiger partial charge < -0.3 is 10.6 Å². The van der Waals surface area contributed by atoms with Crippen LogP contribution in [0.2, 0.25) is 0 Å². The van der Waals surface area contributed by atoms with Gasteiger partial charge in [-0.15, -0.1) is 0 Å². The molecule has 0 saturated carbocycles. The van der Waals surface area contributed by atoms with Gasteiger partial charge in [-0.3, -0.25) is 10.9 Å². The summed E-state index contributed by atoms with van der Waals surface area (Å²) < 4.78 is 0.